The lowest BCUT2D eigenvalue weighted by atomic mass is 10.8. The number of nitrogens with two attached hydrogens (primary N) is 2. The summed E-state index contributed by atoms with van der Waals surface area (Å²) in [5.41, 5.74) is 9.64. The van der Waals surface area contributed by atoms with E-state index in [1.807, 2.05) is 0 Å². The van der Waals surface area contributed by atoms with Crippen molar-refractivity contribution in [2.24, 2.45) is 11.5 Å². The van der Waals surface area contributed by atoms with Crippen LogP contribution in [0.2, 0.25) is 0 Å². The molecule has 0 amide bonds. The molecule has 5 nitrogen and oxygen atoms in total. The molecule has 0 radical (unpaired) electrons. The van der Waals surface area contributed by atoms with Crippen LogP contribution in [0.25, 0.3) is 0 Å². The van der Waals surface area contributed by atoms with Crippen molar-refractivity contribution in [3.63, 3.8) is 0 Å². The van der Waals surface area contributed by atoms with E-state index in [1.54, 1.807) is 14.1 Å². The Morgan fingerprint density at radius 3 is 1.00 bits per heavy atom. The van der Waals surface area contributed by atoms with Gasteiger partial charge in [0.2, 0.25) is 0 Å². The average molecular weight is 209 g/mol. The second-order valence-electron chi connectivity index (χ2n) is 1.96. The maximum atomic E-state index is 6.65. The summed E-state index contributed by atoms with van der Waals surface area (Å²) < 4.78 is 0. The molecule has 0 aromatic rings. The molecule has 92 valence electrons. The smallest absolute Gasteiger partial charge is 0.187 e. The molecule has 14 heavy (non-hydrogen) atoms. The lowest BCUT2D eigenvalue weighted by Gasteiger charge is -2.05. The first-order chi connectivity index (χ1) is 4.37. The molecule has 0 heterocycles. The van der Waals surface area contributed by atoms with Gasteiger partial charge in [0, 0.05) is 14.1 Å². The van der Waals surface area contributed by atoms with Gasteiger partial charge in [-0.2, -0.15) is 0 Å². The number of amidine groups is 1. The monoisotopic (exact) mass is 209 g/mol. The fraction of sp³-hybridized carbons (Fsp3) is 0.778. The van der Waals surface area contributed by atoms with E-state index in [9.17, 15) is 0 Å². The fourth-order valence-corrected chi connectivity index (χ4v) is 0. The van der Waals surface area contributed by atoms with E-state index in [-0.39, 0.29) is 41.5 Å². The van der Waals surface area contributed by atoms with Crippen molar-refractivity contribution in [1.82, 2.24) is 4.90 Å². The van der Waals surface area contributed by atoms with Gasteiger partial charge in [0.05, 0.1) is 5.84 Å². The molecule has 0 unspecified atom stereocenters. The van der Waals surface area contributed by atoms with E-state index in [4.69, 9.17) is 22.3 Å². The zero-order valence-electron chi connectivity index (χ0n) is 6.60. The minimum Gasteiger partial charge on any atom is -0.388 e. The molecule has 5 heteroatoms. The first-order valence-electron chi connectivity index (χ1n) is 2.70. The summed E-state index contributed by atoms with van der Waals surface area (Å²) in [7, 11) is 3.45. The summed E-state index contributed by atoms with van der Waals surface area (Å²) in [5, 5.41) is 12.9. The largest absolute Gasteiger partial charge is 0.388 e. The second kappa shape index (κ2) is 22.6. The normalized spacial score (nSPS) is 5.07. The van der Waals surface area contributed by atoms with Gasteiger partial charge >= 0.3 is 0 Å². The van der Waals surface area contributed by atoms with Gasteiger partial charge in [0.25, 0.3) is 0 Å². The molecule has 0 aromatic carbocycles. The zero-order valence-corrected chi connectivity index (χ0v) is 6.60. The second-order valence-corrected chi connectivity index (χ2v) is 1.96. The molecule has 0 aliphatic carbocycles. The van der Waals surface area contributed by atoms with E-state index in [0.717, 1.165) is 0 Å². The maximum absolute atomic E-state index is 6.65. The van der Waals surface area contributed by atoms with Crippen molar-refractivity contribution in [2.45, 2.75) is 36.6 Å². The quantitative estimate of drug-likeness (QED) is 0.362. The molecule has 0 fully saturated rings. The molecule has 0 aliphatic rings. The van der Waals surface area contributed by atoms with Gasteiger partial charge in [0.1, 0.15) is 0 Å². The van der Waals surface area contributed by atoms with E-state index in [2.05, 4.69) is 0 Å². The average Bonchev–Trinajstić information content (AvgIpc) is 1.63. The Morgan fingerprint density at radius 2 is 1.00 bits per heavy atom. The highest BCUT2D eigenvalue weighted by atomic mass is 15.2. The van der Waals surface area contributed by atoms with Crippen molar-refractivity contribution < 1.29 is 0 Å². The first kappa shape index (κ1) is 38.7. The van der Waals surface area contributed by atoms with Crippen molar-refractivity contribution in [1.29, 1.82) is 10.8 Å². The summed E-state index contributed by atoms with van der Waals surface area (Å²) in [6, 6.07) is 0. The third kappa shape index (κ3) is 136. The van der Waals surface area contributed by atoms with E-state index in [0.29, 0.717) is 0 Å². The van der Waals surface area contributed by atoms with Crippen LogP contribution in [0.15, 0.2) is 0 Å². The van der Waals surface area contributed by atoms with Gasteiger partial charge in [-0.1, -0.05) is 29.7 Å². The molecule has 0 aromatic heterocycles. The Hall–Kier alpha value is -1.26. The minimum atomic E-state index is 0. The van der Waals surface area contributed by atoms with Gasteiger partial charge in [-0.25, -0.2) is 0 Å². The molecule has 0 bridgehead atoms. The molecule has 0 aliphatic heterocycles. The molecule has 0 saturated heterocycles. The predicted molar refractivity (Wildman–Crippen MR) is 70.1 cm³/mol. The summed E-state index contributed by atoms with van der Waals surface area (Å²) >= 11 is 0. The van der Waals surface area contributed by atoms with Gasteiger partial charge in [0.15, 0.2) is 5.96 Å². The van der Waals surface area contributed by atoms with Crippen LogP contribution < -0.4 is 11.5 Å². The minimum absolute atomic E-state index is 0. The molecule has 0 rings (SSSR count). The van der Waals surface area contributed by atoms with E-state index >= 15 is 0 Å². The number of rotatable bonds is 0. The van der Waals surface area contributed by atoms with Crippen LogP contribution in [0, 0.1) is 10.8 Å². The number of hydrogen-bond acceptors (Lipinski definition) is 2. The number of guanidine groups is 1. The Morgan fingerprint density at radius 1 is 0.929 bits per heavy atom. The van der Waals surface area contributed by atoms with Crippen molar-refractivity contribution in [2.75, 3.05) is 14.1 Å². The van der Waals surface area contributed by atoms with E-state index in [1.165, 1.54) is 11.8 Å². The lowest BCUT2D eigenvalue weighted by Crippen LogP contribution is -2.28. The van der Waals surface area contributed by atoms with Crippen molar-refractivity contribution in [3.8, 4) is 0 Å². The highest BCUT2D eigenvalue weighted by Gasteiger charge is 1.82. The maximum Gasteiger partial charge on any atom is 0.187 e. The Kier molecular flexibility index (Phi) is 62.4. The zero-order chi connectivity index (χ0) is 8.73. The first-order valence-corrected chi connectivity index (χ1v) is 2.70. The standard InChI is InChI=1S/C3H9N3.C2H6N2.4CH4/c1-6(2)3(4)5;1-2(3)4;;;;/h1-2H3,(H3,4,5);1H3,(H3,3,4);4*1H4. The third-order valence-corrected chi connectivity index (χ3v) is 0.482. The Bertz CT molecular complexity index is 116. The number of nitrogens with zero attached hydrogens (tertiary/aromatic N) is 1. The molecule has 0 spiro atoms. The van der Waals surface area contributed by atoms with Crippen LogP contribution in [0.3, 0.4) is 0 Å². The van der Waals surface area contributed by atoms with Crippen LogP contribution in [-0.2, 0) is 0 Å². The molecule has 0 atom stereocenters. The topological polar surface area (TPSA) is 103 Å². The summed E-state index contributed by atoms with van der Waals surface area (Å²) in [6.45, 7) is 1.53. The molecule has 6 N–H and O–H groups in total. The highest BCUT2D eigenvalue weighted by molar-refractivity contribution is 5.73. The van der Waals surface area contributed by atoms with Crippen LogP contribution in [0.5, 0.6) is 0 Å². The number of nitrogens with one attached hydrogen (secondary N) is 2. The molecular formula is C9H31N5. The highest BCUT2D eigenvalue weighted by Crippen LogP contribution is 1.62. The van der Waals surface area contributed by atoms with E-state index < -0.39 is 0 Å². The van der Waals surface area contributed by atoms with Crippen molar-refractivity contribution >= 4 is 11.8 Å². The van der Waals surface area contributed by atoms with Gasteiger partial charge in [-0.15, -0.1) is 0 Å². The van der Waals surface area contributed by atoms with Gasteiger partial charge in [-0.3, -0.25) is 10.8 Å². The van der Waals surface area contributed by atoms with Gasteiger partial charge < -0.3 is 16.4 Å². The fourth-order valence-electron chi connectivity index (χ4n) is 0. The van der Waals surface area contributed by atoms with Gasteiger partial charge in [-0.05, 0) is 6.92 Å². The predicted octanol–water partition coefficient (Wildman–Crippen LogP) is 1.93. The SMILES string of the molecule is C.C.C.C.CC(=N)N.CN(C)C(=N)N. The Balaban J connectivity index is -0.0000000185. The summed E-state index contributed by atoms with van der Waals surface area (Å²) in [4.78, 5) is 1.53. The van der Waals surface area contributed by atoms with Crippen LogP contribution in [0.4, 0.5) is 0 Å². The van der Waals surface area contributed by atoms with Crippen LogP contribution in [0.1, 0.15) is 36.6 Å². The summed E-state index contributed by atoms with van der Waals surface area (Å²) in [5.74, 6) is 0.259. The van der Waals surface area contributed by atoms with Crippen LogP contribution in [-0.4, -0.2) is 30.8 Å². The van der Waals surface area contributed by atoms with Crippen LogP contribution >= 0.6 is 0 Å². The lowest BCUT2D eigenvalue weighted by molar-refractivity contribution is 0.609. The number of hydrogen-bond donors (Lipinski definition) is 4. The Labute approximate surface area is 90.5 Å². The molecule has 0 saturated carbocycles. The third-order valence-electron chi connectivity index (χ3n) is 0.482. The van der Waals surface area contributed by atoms with Crippen molar-refractivity contribution in [3.05, 3.63) is 0 Å². The summed E-state index contributed by atoms with van der Waals surface area (Å²) in [6.07, 6.45) is 0. The molecular weight excluding hydrogens is 178 g/mol.